The van der Waals surface area contributed by atoms with Crippen molar-refractivity contribution in [2.24, 2.45) is 0 Å². The standard InChI is InChI=1S/C13H16ClNO2.ClH/c1-17-12(16)13(6-8-15-9-7-13)10-2-4-11(14)5-3-10;/h2-5,15H,6-9H2,1H3;1H. The highest BCUT2D eigenvalue weighted by Crippen LogP contribution is 2.35. The molecule has 1 aromatic carbocycles. The van der Waals surface area contributed by atoms with Crippen molar-refractivity contribution in [3.05, 3.63) is 34.9 Å². The van der Waals surface area contributed by atoms with E-state index >= 15 is 0 Å². The van der Waals surface area contributed by atoms with E-state index < -0.39 is 5.41 Å². The number of esters is 1. The van der Waals surface area contributed by atoms with Gasteiger partial charge >= 0.3 is 5.97 Å². The number of halogens is 2. The normalized spacial score (nSPS) is 17.7. The van der Waals surface area contributed by atoms with E-state index in [0.717, 1.165) is 31.5 Å². The van der Waals surface area contributed by atoms with Crippen LogP contribution in [0, 0.1) is 0 Å². The van der Waals surface area contributed by atoms with Crippen molar-refractivity contribution in [2.45, 2.75) is 18.3 Å². The van der Waals surface area contributed by atoms with Crippen LogP contribution < -0.4 is 5.32 Å². The van der Waals surface area contributed by atoms with Crippen LogP contribution in [0.2, 0.25) is 5.02 Å². The summed E-state index contributed by atoms with van der Waals surface area (Å²) in [6, 6.07) is 7.49. The SMILES string of the molecule is COC(=O)C1(c2ccc(Cl)cc2)CCNCC1.Cl. The van der Waals surface area contributed by atoms with E-state index in [-0.39, 0.29) is 18.4 Å². The van der Waals surface area contributed by atoms with Gasteiger partial charge in [-0.05, 0) is 43.6 Å². The lowest BCUT2D eigenvalue weighted by Crippen LogP contribution is -2.46. The predicted octanol–water partition coefficient (Wildman–Crippen LogP) is 2.56. The number of benzene rings is 1. The quantitative estimate of drug-likeness (QED) is 0.851. The van der Waals surface area contributed by atoms with Gasteiger partial charge in [0.2, 0.25) is 0 Å². The molecule has 1 aromatic rings. The average Bonchev–Trinajstić information content (AvgIpc) is 2.39. The summed E-state index contributed by atoms with van der Waals surface area (Å²) in [5.74, 6) is -0.152. The molecule has 1 aliphatic rings. The topological polar surface area (TPSA) is 38.3 Å². The molecule has 0 saturated carbocycles. The van der Waals surface area contributed by atoms with Crippen LogP contribution in [0.1, 0.15) is 18.4 Å². The molecule has 0 aromatic heterocycles. The minimum absolute atomic E-state index is 0. The van der Waals surface area contributed by atoms with E-state index in [2.05, 4.69) is 5.32 Å². The number of hydrogen-bond acceptors (Lipinski definition) is 3. The molecular weight excluding hydrogens is 273 g/mol. The van der Waals surface area contributed by atoms with Crippen LogP contribution in [0.5, 0.6) is 0 Å². The molecule has 100 valence electrons. The Hall–Kier alpha value is -0.770. The first kappa shape index (κ1) is 15.3. The van der Waals surface area contributed by atoms with Crippen molar-refractivity contribution in [3.8, 4) is 0 Å². The summed E-state index contributed by atoms with van der Waals surface area (Å²) in [4.78, 5) is 12.1. The number of rotatable bonds is 2. The third-order valence-corrected chi connectivity index (χ3v) is 3.68. The van der Waals surface area contributed by atoms with Gasteiger partial charge in [0, 0.05) is 5.02 Å². The molecule has 1 aliphatic heterocycles. The molecule has 0 aliphatic carbocycles. The molecule has 0 bridgehead atoms. The van der Waals surface area contributed by atoms with Crippen LogP contribution in [-0.4, -0.2) is 26.2 Å². The van der Waals surface area contributed by atoms with Crippen molar-refractivity contribution < 1.29 is 9.53 Å². The Balaban J connectivity index is 0.00000162. The number of piperidine rings is 1. The number of carbonyl (C=O) groups excluding carboxylic acids is 1. The van der Waals surface area contributed by atoms with Gasteiger partial charge in [0.1, 0.15) is 0 Å². The highest BCUT2D eigenvalue weighted by Gasteiger charge is 2.42. The summed E-state index contributed by atoms with van der Waals surface area (Å²) >= 11 is 5.88. The molecule has 18 heavy (non-hydrogen) atoms. The van der Waals surface area contributed by atoms with Crippen LogP contribution in [-0.2, 0) is 14.9 Å². The molecule has 5 heteroatoms. The number of ether oxygens (including phenoxy) is 1. The molecule has 1 fully saturated rings. The van der Waals surface area contributed by atoms with Crippen molar-refractivity contribution in [1.29, 1.82) is 0 Å². The summed E-state index contributed by atoms with van der Waals surface area (Å²) in [6.45, 7) is 1.66. The fourth-order valence-corrected chi connectivity index (χ4v) is 2.55. The predicted molar refractivity (Wildman–Crippen MR) is 74.5 cm³/mol. The Morgan fingerprint density at radius 1 is 1.28 bits per heavy atom. The fourth-order valence-electron chi connectivity index (χ4n) is 2.43. The molecule has 0 spiro atoms. The molecule has 0 radical (unpaired) electrons. The van der Waals surface area contributed by atoms with Gasteiger partial charge in [-0.15, -0.1) is 12.4 Å². The van der Waals surface area contributed by atoms with Gasteiger partial charge in [-0.25, -0.2) is 0 Å². The first-order valence-corrected chi connectivity index (χ1v) is 6.12. The van der Waals surface area contributed by atoms with Crippen LogP contribution in [0.3, 0.4) is 0 Å². The summed E-state index contributed by atoms with van der Waals surface area (Å²) < 4.78 is 4.98. The Labute approximate surface area is 118 Å². The molecule has 0 amide bonds. The second kappa shape index (κ2) is 6.41. The van der Waals surface area contributed by atoms with Crippen LogP contribution in [0.4, 0.5) is 0 Å². The van der Waals surface area contributed by atoms with Gasteiger partial charge in [0.05, 0.1) is 12.5 Å². The third kappa shape index (κ3) is 2.79. The maximum absolute atomic E-state index is 12.1. The Kier molecular flexibility index (Phi) is 5.45. The van der Waals surface area contributed by atoms with E-state index in [1.165, 1.54) is 7.11 Å². The molecule has 0 unspecified atom stereocenters. The Morgan fingerprint density at radius 2 is 1.83 bits per heavy atom. The van der Waals surface area contributed by atoms with Crippen molar-refractivity contribution in [2.75, 3.05) is 20.2 Å². The zero-order valence-corrected chi connectivity index (χ0v) is 11.8. The molecule has 1 heterocycles. The monoisotopic (exact) mass is 289 g/mol. The highest BCUT2D eigenvalue weighted by atomic mass is 35.5. The van der Waals surface area contributed by atoms with Crippen molar-refractivity contribution >= 4 is 30.0 Å². The van der Waals surface area contributed by atoms with Crippen molar-refractivity contribution in [1.82, 2.24) is 5.32 Å². The van der Waals surface area contributed by atoms with Crippen LogP contribution >= 0.6 is 24.0 Å². The van der Waals surface area contributed by atoms with Gasteiger partial charge in [0.25, 0.3) is 0 Å². The molecule has 3 nitrogen and oxygen atoms in total. The minimum atomic E-state index is -0.509. The van der Waals surface area contributed by atoms with Crippen LogP contribution in [0.25, 0.3) is 0 Å². The number of nitrogens with one attached hydrogen (secondary N) is 1. The van der Waals surface area contributed by atoms with Gasteiger partial charge < -0.3 is 10.1 Å². The Bertz CT molecular complexity index is 400. The van der Waals surface area contributed by atoms with E-state index in [1.807, 2.05) is 24.3 Å². The molecular formula is C13H17Cl2NO2. The fraction of sp³-hybridized carbons (Fsp3) is 0.462. The molecule has 0 atom stereocenters. The van der Waals surface area contributed by atoms with Crippen LogP contribution in [0.15, 0.2) is 24.3 Å². The smallest absolute Gasteiger partial charge is 0.316 e. The van der Waals surface area contributed by atoms with E-state index in [4.69, 9.17) is 16.3 Å². The maximum Gasteiger partial charge on any atom is 0.316 e. The minimum Gasteiger partial charge on any atom is -0.468 e. The molecule has 2 rings (SSSR count). The summed E-state index contributed by atoms with van der Waals surface area (Å²) in [5.41, 5.74) is 0.486. The van der Waals surface area contributed by atoms with Gasteiger partial charge in [-0.1, -0.05) is 23.7 Å². The number of carbonyl (C=O) groups is 1. The second-order valence-electron chi connectivity index (χ2n) is 4.33. The molecule has 1 N–H and O–H groups in total. The van der Waals surface area contributed by atoms with E-state index in [9.17, 15) is 4.79 Å². The average molecular weight is 290 g/mol. The van der Waals surface area contributed by atoms with Gasteiger partial charge in [-0.2, -0.15) is 0 Å². The highest BCUT2D eigenvalue weighted by molar-refractivity contribution is 6.30. The second-order valence-corrected chi connectivity index (χ2v) is 4.77. The lowest BCUT2D eigenvalue weighted by molar-refractivity contribution is -0.148. The third-order valence-electron chi connectivity index (χ3n) is 3.43. The van der Waals surface area contributed by atoms with E-state index in [0.29, 0.717) is 5.02 Å². The maximum atomic E-state index is 12.1. The first-order valence-electron chi connectivity index (χ1n) is 5.74. The largest absolute Gasteiger partial charge is 0.468 e. The van der Waals surface area contributed by atoms with Crippen molar-refractivity contribution in [3.63, 3.8) is 0 Å². The van der Waals surface area contributed by atoms with Gasteiger partial charge in [0.15, 0.2) is 0 Å². The van der Waals surface area contributed by atoms with E-state index in [1.54, 1.807) is 0 Å². The zero-order chi connectivity index (χ0) is 12.3. The first-order chi connectivity index (χ1) is 8.19. The molecule has 1 saturated heterocycles. The lowest BCUT2D eigenvalue weighted by Gasteiger charge is -2.35. The Morgan fingerprint density at radius 3 is 2.33 bits per heavy atom. The summed E-state index contributed by atoms with van der Waals surface area (Å²) in [7, 11) is 1.45. The summed E-state index contributed by atoms with van der Waals surface area (Å²) in [6.07, 6.45) is 1.53. The lowest BCUT2D eigenvalue weighted by atomic mass is 9.73. The number of methoxy groups -OCH3 is 1. The zero-order valence-electron chi connectivity index (χ0n) is 10.2. The summed E-state index contributed by atoms with van der Waals surface area (Å²) in [5, 5.41) is 3.95. The number of hydrogen-bond donors (Lipinski definition) is 1. The van der Waals surface area contributed by atoms with Gasteiger partial charge in [-0.3, -0.25) is 4.79 Å².